The SMILES string of the molecule is CCc1ccc(S(=O)(=O)N(CCN)Cc2ccccc2)cc1. The van der Waals surface area contributed by atoms with Gasteiger partial charge in [-0.2, -0.15) is 4.31 Å². The number of sulfonamides is 1. The number of nitrogens with zero attached hydrogens (tertiary/aromatic N) is 1. The molecule has 0 atom stereocenters. The monoisotopic (exact) mass is 318 g/mol. The Kier molecular flexibility index (Phi) is 5.71. The number of aryl methyl sites for hydroxylation is 1. The molecule has 2 rings (SSSR count). The first-order valence-electron chi connectivity index (χ1n) is 7.41. The van der Waals surface area contributed by atoms with Crippen molar-refractivity contribution >= 4 is 10.0 Å². The minimum atomic E-state index is -3.53. The first-order valence-corrected chi connectivity index (χ1v) is 8.85. The summed E-state index contributed by atoms with van der Waals surface area (Å²) in [5.74, 6) is 0. The fourth-order valence-corrected chi connectivity index (χ4v) is 3.70. The van der Waals surface area contributed by atoms with Gasteiger partial charge in [-0.3, -0.25) is 0 Å². The lowest BCUT2D eigenvalue weighted by Crippen LogP contribution is -2.34. The molecule has 4 nitrogen and oxygen atoms in total. The van der Waals surface area contributed by atoms with Crippen LogP contribution in [-0.2, 0) is 23.0 Å². The van der Waals surface area contributed by atoms with Crippen molar-refractivity contribution in [3.05, 3.63) is 65.7 Å². The summed E-state index contributed by atoms with van der Waals surface area (Å²) in [5.41, 5.74) is 7.66. The smallest absolute Gasteiger partial charge is 0.243 e. The number of hydrogen-bond acceptors (Lipinski definition) is 3. The molecule has 0 saturated carbocycles. The predicted molar refractivity (Wildman–Crippen MR) is 88.9 cm³/mol. The second kappa shape index (κ2) is 7.54. The van der Waals surface area contributed by atoms with Gasteiger partial charge in [-0.1, -0.05) is 49.4 Å². The Morgan fingerprint density at radius 1 is 0.955 bits per heavy atom. The van der Waals surface area contributed by atoms with Gasteiger partial charge in [0.2, 0.25) is 10.0 Å². The number of rotatable bonds is 7. The molecule has 2 aromatic rings. The molecule has 2 N–H and O–H groups in total. The van der Waals surface area contributed by atoms with Gasteiger partial charge in [-0.15, -0.1) is 0 Å². The molecule has 5 heteroatoms. The first kappa shape index (κ1) is 16.7. The maximum atomic E-state index is 12.8. The molecule has 0 radical (unpaired) electrons. The van der Waals surface area contributed by atoms with Crippen molar-refractivity contribution in [2.75, 3.05) is 13.1 Å². The minimum Gasteiger partial charge on any atom is -0.329 e. The summed E-state index contributed by atoms with van der Waals surface area (Å²) in [7, 11) is -3.53. The molecule has 0 unspecified atom stereocenters. The zero-order valence-corrected chi connectivity index (χ0v) is 13.6. The van der Waals surface area contributed by atoms with Crippen LogP contribution >= 0.6 is 0 Å². The number of benzene rings is 2. The molecule has 0 bridgehead atoms. The third-order valence-corrected chi connectivity index (χ3v) is 5.41. The molecule has 118 valence electrons. The average molecular weight is 318 g/mol. The molecule has 0 amide bonds. The highest BCUT2D eigenvalue weighted by molar-refractivity contribution is 7.89. The standard InChI is InChI=1S/C17H22N2O2S/c1-2-15-8-10-17(11-9-15)22(20,21)19(13-12-18)14-16-6-4-3-5-7-16/h3-11H,2,12-14,18H2,1H3. The van der Waals surface area contributed by atoms with E-state index in [-0.39, 0.29) is 0 Å². The topological polar surface area (TPSA) is 63.4 Å². The molecule has 0 spiro atoms. The minimum absolute atomic E-state index is 0.291. The third-order valence-electron chi connectivity index (χ3n) is 3.55. The van der Waals surface area contributed by atoms with Crippen LogP contribution in [0.25, 0.3) is 0 Å². The Balaban J connectivity index is 2.28. The van der Waals surface area contributed by atoms with Crippen LogP contribution in [0.15, 0.2) is 59.5 Å². The fourth-order valence-electron chi connectivity index (χ4n) is 2.26. The Morgan fingerprint density at radius 2 is 1.59 bits per heavy atom. The largest absolute Gasteiger partial charge is 0.329 e. The summed E-state index contributed by atoms with van der Waals surface area (Å²) < 4.78 is 27.0. The summed E-state index contributed by atoms with van der Waals surface area (Å²) in [6, 6.07) is 16.6. The van der Waals surface area contributed by atoms with E-state index in [0.717, 1.165) is 17.5 Å². The molecule has 2 aromatic carbocycles. The summed E-state index contributed by atoms with van der Waals surface area (Å²) in [4.78, 5) is 0.314. The van der Waals surface area contributed by atoms with Gasteiger partial charge in [0, 0.05) is 19.6 Å². The summed E-state index contributed by atoms with van der Waals surface area (Å²) in [5, 5.41) is 0. The van der Waals surface area contributed by atoms with Crippen molar-refractivity contribution in [2.24, 2.45) is 5.73 Å². The Bertz CT molecular complexity index is 682. The van der Waals surface area contributed by atoms with Crippen LogP contribution in [0.3, 0.4) is 0 Å². The van der Waals surface area contributed by atoms with Crippen LogP contribution in [0.1, 0.15) is 18.1 Å². The third kappa shape index (κ3) is 3.94. The fraction of sp³-hybridized carbons (Fsp3) is 0.294. The maximum Gasteiger partial charge on any atom is 0.243 e. The molecule has 0 heterocycles. The summed E-state index contributed by atoms with van der Waals surface area (Å²) in [6.07, 6.45) is 0.886. The van der Waals surface area contributed by atoms with E-state index in [4.69, 9.17) is 5.73 Å². The summed E-state index contributed by atoms with van der Waals surface area (Å²) >= 11 is 0. The van der Waals surface area contributed by atoms with Gasteiger partial charge in [0.1, 0.15) is 0 Å². The van der Waals surface area contributed by atoms with Crippen LogP contribution in [0, 0.1) is 0 Å². The quantitative estimate of drug-likeness (QED) is 0.852. The van der Waals surface area contributed by atoms with Gasteiger partial charge in [0.15, 0.2) is 0 Å². The molecule has 0 fully saturated rings. The van der Waals surface area contributed by atoms with Gasteiger partial charge in [0.05, 0.1) is 4.90 Å². The van der Waals surface area contributed by atoms with Crippen molar-refractivity contribution in [2.45, 2.75) is 24.8 Å². The highest BCUT2D eigenvalue weighted by Crippen LogP contribution is 2.19. The van der Waals surface area contributed by atoms with Gasteiger partial charge < -0.3 is 5.73 Å². The van der Waals surface area contributed by atoms with Crippen LogP contribution in [0.5, 0.6) is 0 Å². The van der Waals surface area contributed by atoms with E-state index < -0.39 is 10.0 Å². The van der Waals surface area contributed by atoms with Crippen molar-refractivity contribution < 1.29 is 8.42 Å². The second-order valence-electron chi connectivity index (χ2n) is 5.11. The van der Waals surface area contributed by atoms with E-state index >= 15 is 0 Å². The molecule has 0 saturated heterocycles. The maximum absolute atomic E-state index is 12.8. The highest BCUT2D eigenvalue weighted by Gasteiger charge is 2.23. The van der Waals surface area contributed by atoms with Crippen LogP contribution in [-0.4, -0.2) is 25.8 Å². The lowest BCUT2D eigenvalue weighted by molar-refractivity contribution is 0.414. The van der Waals surface area contributed by atoms with Gasteiger partial charge in [-0.25, -0.2) is 8.42 Å². The van der Waals surface area contributed by atoms with Crippen LogP contribution < -0.4 is 5.73 Å². The normalized spacial score (nSPS) is 11.8. The summed E-state index contributed by atoms with van der Waals surface area (Å²) in [6.45, 7) is 2.96. The lowest BCUT2D eigenvalue weighted by atomic mass is 10.2. The van der Waals surface area contributed by atoms with Crippen molar-refractivity contribution in [1.29, 1.82) is 0 Å². The zero-order chi connectivity index (χ0) is 16.0. The van der Waals surface area contributed by atoms with E-state index in [1.165, 1.54) is 4.31 Å². The second-order valence-corrected chi connectivity index (χ2v) is 7.05. The number of nitrogens with two attached hydrogens (primary N) is 1. The molecule has 22 heavy (non-hydrogen) atoms. The van der Waals surface area contributed by atoms with Crippen molar-refractivity contribution in [3.63, 3.8) is 0 Å². The Hall–Kier alpha value is -1.69. The first-order chi connectivity index (χ1) is 10.6. The molecule has 0 aliphatic heterocycles. The predicted octanol–water partition coefficient (Wildman–Crippen LogP) is 2.40. The lowest BCUT2D eigenvalue weighted by Gasteiger charge is -2.22. The van der Waals surface area contributed by atoms with E-state index in [2.05, 4.69) is 0 Å². The van der Waals surface area contributed by atoms with E-state index in [0.29, 0.717) is 24.5 Å². The Morgan fingerprint density at radius 3 is 2.14 bits per heavy atom. The molecule has 0 aliphatic rings. The average Bonchev–Trinajstić information content (AvgIpc) is 2.55. The van der Waals surface area contributed by atoms with Gasteiger partial charge in [-0.05, 0) is 29.7 Å². The number of hydrogen-bond donors (Lipinski definition) is 1. The van der Waals surface area contributed by atoms with Crippen molar-refractivity contribution in [1.82, 2.24) is 4.31 Å². The highest BCUT2D eigenvalue weighted by atomic mass is 32.2. The van der Waals surface area contributed by atoms with E-state index in [9.17, 15) is 8.42 Å². The van der Waals surface area contributed by atoms with Crippen molar-refractivity contribution in [3.8, 4) is 0 Å². The molecular weight excluding hydrogens is 296 g/mol. The van der Waals surface area contributed by atoms with Crippen LogP contribution in [0.4, 0.5) is 0 Å². The van der Waals surface area contributed by atoms with E-state index in [1.807, 2.05) is 49.4 Å². The zero-order valence-electron chi connectivity index (χ0n) is 12.8. The van der Waals surface area contributed by atoms with Gasteiger partial charge >= 0.3 is 0 Å². The van der Waals surface area contributed by atoms with Crippen LogP contribution in [0.2, 0.25) is 0 Å². The molecule has 0 aliphatic carbocycles. The van der Waals surface area contributed by atoms with E-state index in [1.54, 1.807) is 12.1 Å². The van der Waals surface area contributed by atoms with Gasteiger partial charge in [0.25, 0.3) is 0 Å². The Labute approximate surface area is 132 Å². The molecular formula is C17H22N2O2S. The molecule has 0 aromatic heterocycles.